The first kappa shape index (κ1) is 14.3. The van der Waals surface area contributed by atoms with Crippen LogP contribution in [-0.2, 0) is 11.3 Å². The SMILES string of the molecule is O=C(NCc1ccc(F)cc1Br)NC1CCCOC1. The minimum Gasteiger partial charge on any atom is -0.379 e. The lowest BCUT2D eigenvalue weighted by molar-refractivity contribution is 0.0732. The second kappa shape index (κ2) is 6.86. The van der Waals surface area contributed by atoms with E-state index in [0.29, 0.717) is 17.6 Å². The maximum atomic E-state index is 12.9. The number of hydrogen-bond donors (Lipinski definition) is 2. The number of benzene rings is 1. The molecule has 4 nitrogen and oxygen atoms in total. The zero-order valence-corrected chi connectivity index (χ0v) is 12.0. The monoisotopic (exact) mass is 330 g/mol. The number of ether oxygens (including phenoxy) is 1. The van der Waals surface area contributed by atoms with E-state index in [4.69, 9.17) is 4.74 Å². The number of hydrogen-bond acceptors (Lipinski definition) is 2. The molecule has 0 bridgehead atoms. The van der Waals surface area contributed by atoms with Crippen molar-refractivity contribution < 1.29 is 13.9 Å². The number of rotatable bonds is 3. The van der Waals surface area contributed by atoms with E-state index in [2.05, 4.69) is 26.6 Å². The van der Waals surface area contributed by atoms with Crippen LogP contribution in [0.1, 0.15) is 18.4 Å². The Morgan fingerprint density at radius 2 is 2.37 bits per heavy atom. The highest BCUT2D eigenvalue weighted by molar-refractivity contribution is 9.10. The summed E-state index contributed by atoms with van der Waals surface area (Å²) in [5.74, 6) is -0.306. The average molecular weight is 331 g/mol. The van der Waals surface area contributed by atoms with Crippen molar-refractivity contribution in [1.29, 1.82) is 0 Å². The van der Waals surface area contributed by atoms with Crippen LogP contribution in [0, 0.1) is 5.82 Å². The Morgan fingerprint density at radius 3 is 3.05 bits per heavy atom. The highest BCUT2D eigenvalue weighted by atomic mass is 79.9. The van der Waals surface area contributed by atoms with Gasteiger partial charge in [-0.05, 0) is 30.5 Å². The average Bonchev–Trinajstić information content (AvgIpc) is 2.39. The molecule has 1 atom stereocenters. The highest BCUT2D eigenvalue weighted by Crippen LogP contribution is 2.17. The van der Waals surface area contributed by atoms with Crippen LogP contribution in [0.15, 0.2) is 22.7 Å². The lowest BCUT2D eigenvalue weighted by atomic mass is 10.1. The maximum Gasteiger partial charge on any atom is 0.315 e. The molecule has 1 aliphatic heterocycles. The van der Waals surface area contributed by atoms with Crippen LogP contribution in [-0.4, -0.2) is 25.3 Å². The molecule has 0 saturated carbocycles. The summed E-state index contributed by atoms with van der Waals surface area (Å²) in [6.45, 7) is 1.68. The molecule has 1 saturated heterocycles. The molecule has 2 rings (SSSR count). The summed E-state index contributed by atoms with van der Waals surface area (Å²) in [7, 11) is 0. The number of carbonyl (C=O) groups excluding carboxylic acids is 1. The van der Waals surface area contributed by atoms with Gasteiger partial charge in [-0.2, -0.15) is 0 Å². The zero-order valence-electron chi connectivity index (χ0n) is 10.4. The van der Waals surface area contributed by atoms with Gasteiger partial charge in [0.15, 0.2) is 0 Å². The minimum atomic E-state index is -0.306. The Balaban J connectivity index is 1.79. The third-order valence-electron chi connectivity index (χ3n) is 2.95. The molecule has 0 aromatic heterocycles. The molecule has 1 fully saturated rings. The summed E-state index contributed by atoms with van der Waals surface area (Å²) in [6.07, 6.45) is 1.90. The van der Waals surface area contributed by atoms with Crippen molar-refractivity contribution in [1.82, 2.24) is 10.6 Å². The van der Waals surface area contributed by atoms with Crippen molar-refractivity contribution in [2.45, 2.75) is 25.4 Å². The summed E-state index contributed by atoms with van der Waals surface area (Å²) >= 11 is 3.26. The van der Waals surface area contributed by atoms with Crippen molar-refractivity contribution in [3.05, 3.63) is 34.1 Å². The normalized spacial score (nSPS) is 18.9. The molecule has 19 heavy (non-hydrogen) atoms. The van der Waals surface area contributed by atoms with E-state index in [0.717, 1.165) is 25.0 Å². The molecule has 0 radical (unpaired) electrons. The number of carbonyl (C=O) groups is 1. The predicted octanol–water partition coefficient (Wildman–Crippen LogP) is 2.57. The molecule has 1 aromatic rings. The largest absolute Gasteiger partial charge is 0.379 e. The molecule has 2 N–H and O–H groups in total. The van der Waals surface area contributed by atoms with E-state index >= 15 is 0 Å². The fourth-order valence-corrected chi connectivity index (χ4v) is 2.42. The Morgan fingerprint density at radius 1 is 1.53 bits per heavy atom. The first-order valence-corrected chi connectivity index (χ1v) is 7.00. The fourth-order valence-electron chi connectivity index (χ4n) is 1.93. The van der Waals surface area contributed by atoms with Gasteiger partial charge in [-0.15, -0.1) is 0 Å². The van der Waals surface area contributed by atoms with E-state index in [1.807, 2.05) is 0 Å². The van der Waals surface area contributed by atoms with Crippen LogP contribution in [0.3, 0.4) is 0 Å². The Hall–Kier alpha value is -1.14. The van der Waals surface area contributed by atoms with Gasteiger partial charge in [-0.25, -0.2) is 9.18 Å². The van der Waals surface area contributed by atoms with Crippen molar-refractivity contribution >= 4 is 22.0 Å². The minimum absolute atomic E-state index is 0.0745. The van der Waals surface area contributed by atoms with Crippen LogP contribution in [0.2, 0.25) is 0 Å². The molecule has 1 aliphatic rings. The predicted molar refractivity (Wildman–Crippen MR) is 73.3 cm³/mol. The second-order valence-electron chi connectivity index (χ2n) is 4.48. The van der Waals surface area contributed by atoms with Gasteiger partial charge in [0.25, 0.3) is 0 Å². The van der Waals surface area contributed by atoms with E-state index in [9.17, 15) is 9.18 Å². The fraction of sp³-hybridized carbons (Fsp3) is 0.462. The molecule has 2 amide bonds. The van der Waals surface area contributed by atoms with E-state index in [-0.39, 0.29) is 17.9 Å². The van der Waals surface area contributed by atoms with Crippen LogP contribution >= 0.6 is 15.9 Å². The molecule has 6 heteroatoms. The molecular formula is C13H16BrFN2O2. The standard InChI is InChI=1S/C13H16BrFN2O2/c14-12-6-10(15)4-3-9(12)7-16-13(18)17-11-2-1-5-19-8-11/h3-4,6,11H,1-2,5,7-8H2,(H2,16,17,18). The Bertz CT molecular complexity index is 450. The molecule has 1 heterocycles. The van der Waals surface area contributed by atoms with Gasteiger partial charge in [0.05, 0.1) is 12.6 Å². The van der Waals surface area contributed by atoms with E-state index in [1.165, 1.54) is 12.1 Å². The molecule has 0 aliphatic carbocycles. The molecule has 0 spiro atoms. The van der Waals surface area contributed by atoms with Gasteiger partial charge >= 0.3 is 6.03 Å². The Labute approximate surface area is 119 Å². The van der Waals surface area contributed by atoms with Gasteiger partial charge in [-0.3, -0.25) is 0 Å². The number of amides is 2. The Kier molecular flexibility index (Phi) is 5.15. The van der Waals surface area contributed by atoms with Crippen LogP contribution in [0.25, 0.3) is 0 Å². The zero-order chi connectivity index (χ0) is 13.7. The van der Waals surface area contributed by atoms with Gasteiger partial charge in [0.1, 0.15) is 5.82 Å². The number of nitrogens with one attached hydrogen (secondary N) is 2. The van der Waals surface area contributed by atoms with Crippen molar-refractivity contribution in [2.75, 3.05) is 13.2 Å². The van der Waals surface area contributed by atoms with Crippen LogP contribution in [0.4, 0.5) is 9.18 Å². The number of urea groups is 1. The molecule has 1 unspecified atom stereocenters. The number of halogens is 2. The third-order valence-corrected chi connectivity index (χ3v) is 3.69. The lowest BCUT2D eigenvalue weighted by Gasteiger charge is -2.23. The summed E-state index contributed by atoms with van der Waals surface area (Å²) in [5.41, 5.74) is 0.830. The van der Waals surface area contributed by atoms with Gasteiger partial charge in [-0.1, -0.05) is 22.0 Å². The first-order valence-electron chi connectivity index (χ1n) is 6.21. The van der Waals surface area contributed by atoms with Gasteiger partial charge in [0.2, 0.25) is 0 Å². The van der Waals surface area contributed by atoms with Gasteiger partial charge in [0, 0.05) is 17.6 Å². The molecular weight excluding hydrogens is 315 g/mol. The summed E-state index contributed by atoms with van der Waals surface area (Å²) < 4.78 is 18.8. The topological polar surface area (TPSA) is 50.4 Å². The summed E-state index contributed by atoms with van der Waals surface area (Å²) in [5, 5.41) is 5.60. The first-order chi connectivity index (χ1) is 9.15. The van der Waals surface area contributed by atoms with Crippen LogP contribution in [0.5, 0.6) is 0 Å². The van der Waals surface area contributed by atoms with Crippen LogP contribution < -0.4 is 10.6 Å². The smallest absolute Gasteiger partial charge is 0.315 e. The summed E-state index contributed by atoms with van der Waals surface area (Å²) in [6, 6.07) is 4.24. The lowest BCUT2D eigenvalue weighted by Crippen LogP contribution is -2.45. The quantitative estimate of drug-likeness (QED) is 0.894. The van der Waals surface area contributed by atoms with Crippen molar-refractivity contribution in [2.24, 2.45) is 0 Å². The highest BCUT2D eigenvalue weighted by Gasteiger charge is 2.15. The molecule has 104 valence electrons. The van der Waals surface area contributed by atoms with Gasteiger partial charge < -0.3 is 15.4 Å². The second-order valence-corrected chi connectivity index (χ2v) is 5.33. The van der Waals surface area contributed by atoms with Crippen molar-refractivity contribution in [3.63, 3.8) is 0 Å². The third kappa shape index (κ3) is 4.47. The summed E-state index contributed by atoms with van der Waals surface area (Å²) in [4.78, 5) is 11.7. The van der Waals surface area contributed by atoms with E-state index in [1.54, 1.807) is 6.07 Å². The molecule has 1 aromatic carbocycles. The maximum absolute atomic E-state index is 12.9. The van der Waals surface area contributed by atoms with Crippen molar-refractivity contribution in [3.8, 4) is 0 Å². The van der Waals surface area contributed by atoms with E-state index < -0.39 is 0 Å².